The molecule has 0 fully saturated rings. The average Bonchev–Trinajstić information content (AvgIpc) is 3.22. The van der Waals surface area contributed by atoms with Crippen LogP contribution in [0.2, 0.25) is 0 Å². The van der Waals surface area contributed by atoms with Crippen LogP contribution in [0.1, 0.15) is 15.4 Å². The van der Waals surface area contributed by atoms with Gasteiger partial charge in [-0.15, -0.1) is 0 Å². The molecule has 0 saturated carbocycles. The molecule has 6 nitrogen and oxygen atoms in total. The zero-order valence-electron chi connectivity index (χ0n) is 12.9. The van der Waals surface area contributed by atoms with Crippen LogP contribution in [0.4, 0.5) is 0 Å². The normalized spacial score (nSPS) is 10.6. The molecule has 3 rings (SSSR count). The van der Waals surface area contributed by atoms with Gasteiger partial charge in [-0.05, 0) is 45.7 Å². The molecule has 8 heteroatoms. The lowest BCUT2D eigenvalue weighted by atomic mass is 10.2. The quantitative estimate of drug-likeness (QED) is 0.682. The maximum absolute atomic E-state index is 12.2. The van der Waals surface area contributed by atoms with Crippen LogP contribution in [0.3, 0.4) is 0 Å². The van der Waals surface area contributed by atoms with E-state index >= 15 is 0 Å². The largest absolute Gasteiger partial charge is 0.480 e. The standard InChI is InChI=1S/C16H15BrN4O2S/c1-23-16-13(17)14(24-20-16)15(22)18-9-7-12-8-10-19-21(12)11-5-3-2-4-6-11/h2-6,8,10H,7,9H2,1H3,(H,18,22). The Morgan fingerprint density at radius 1 is 1.33 bits per heavy atom. The SMILES string of the molecule is COc1nsc(C(=O)NCCc2ccnn2-c2ccccc2)c1Br. The fourth-order valence-electron chi connectivity index (χ4n) is 2.24. The van der Waals surface area contributed by atoms with Crippen LogP contribution in [0, 0.1) is 0 Å². The lowest BCUT2D eigenvalue weighted by Crippen LogP contribution is -2.25. The van der Waals surface area contributed by atoms with Gasteiger partial charge in [0, 0.05) is 24.9 Å². The number of nitrogens with one attached hydrogen (secondary N) is 1. The van der Waals surface area contributed by atoms with Crippen molar-refractivity contribution < 1.29 is 9.53 Å². The Kier molecular flexibility index (Phi) is 5.27. The zero-order chi connectivity index (χ0) is 16.9. The second kappa shape index (κ2) is 7.59. The third kappa shape index (κ3) is 3.49. The average molecular weight is 407 g/mol. The van der Waals surface area contributed by atoms with Crippen LogP contribution in [-0.2, 0) is 6.42 Å². The van der Waals surface area contributed by atoms with Gasteiger partial charge in [0.2, 0.25) is 5.88 Å². The molecule has 0 saturated heterocycles. The molecule has 0 aliphatic rings. The molecule has 1 amide bonds. The Hall–Kier alpha value is -2.19. The summed E-state index contributed by atoms with van der Waals surface area (Å²) in [7, 11) is 1.52. The summed E-state index contributed by atoms with van der Waals surface area (Å²) in [6.45, 7) is 0.504. The van der Waals surface area contributed by atoms with Gasteiger partial charge in [0.25, 0.3) is 5.91 Å². The maximum Gasteiger partial charge on any atom is 0.264 e. The third-order valence-electron chi connectivity index (χ3n) is 3.40. The molecule has 0 radical (unpaired) electrons. The van der Waals surface area contributed by atoms with E-state index in [1.165, 1.54) is 7.11 Å². The van der Waals surface area contributed by atoms with E-state index in [2.05, 4.69) is 30.7 Å². The summed E-state index contributed by atoms with van der Waals surface area (Å²) >= 11 is 4.44. The number of nitrogens with zero attached hydrogens (tertiary/aromatic N) is 3. The van der Waals surface area contributed by atoms with E-state index < -0.39 is 0 Å². The first-order valence-corrected chi connectivity index (χ1v) is 8.83. The summed E-state index contributed by atoms with van der Waals surface area (Å²) in [4.78, 5) is 12.7. The lowest BCUT2D eigenvalue weighted by Gasteiger charge is -2.08. The minimum Gasteiger partial charge on any atom is -0.480 e. The molecule has 1 aromatic carbocycles. The molecule has 0 bridgehead atoms. The van der Waals surface area contributed by atoms with Crippen molar-refractivity contribution in [2.45, 2.75) is 6.42 Å². The molecule has 124 valence electrons. The fourth-order valence-corrected chi connectivity index (χ4v) is 3.67. The number of halogens is 1. The summed E-state index contributed by atoms with van der Waals surface area (Å²) in [6, 6.07) is 11.8. The molecule has 0 atom stereocenters. The molecule has 2 heterocycles. The van der Waals surface area contributed by atoms with Gasteiger partial charge in [-0.25, -0.2) is 4.68 Å². The van der Waals surface area contributed by atoms with Crippen molar-refractivity contribution in [3.8, 4) is 11.6 Å². The van der Waals surface area contributed by atoms with Gasteiger partial charge in [-0.1, -0.05) is 18.2 Å². The van der Waals surface area contributed by atoms with E-state index in [1.54, 1.807) is 6.20 Å². The number of amides is 1. The Labute approximate surface area is 151 Å². The molecule has 3 aromatic rings. The lowest BCUT2D eigenvalue weighted by molar-refractivity contribution is 0.0957. The number of ether oxygens (including phenoxy) is 1. The third-order valence-corrected chi connectivity index (χ3v) is 5.22. The fraction of sp³-hybridized carbons (Fsp3) is 0.188. The zero-order valence-corrected chi connectivity index (χ0v) is 15.3. The number of hydrogen-bond donors (Lipinski definition) is 1. The molecule has 24 heavy (non-hydrogen) atoms. The molecular weight excluding hydrogens is 392 g/mol. The second-order valence-electron chi connectivity index (χ2n) is 4.91. The van der Waals surface area contributed by atoms with Crippen LogP contribution < -0.4 is 10.1 Å². The Balaban J connectivity index is 1.62. The van der Waals surface area contributed by atoms with Crippen molar-refractivity contribution >= 4 is 33.4 Å². The van der Waals surface area contributed by atoms with E-state index in [4.69, 9.17) is 4.74 Å². The van der Waals surface area contributed by atoms with E-state index in [0.717, 1.165) is 22.9 Å². The van der Waals surface area contributed by atoms with Crippen LogP contribution in [0.15, 0.2) is 47.1 Å². The number of benzene rings is 1. The predicted molar refractivity (Wildman–Crippen MR) is 96.0 cm³/mol. The first kappa shape index (κ1) is 16.7. The highest BCUT2D eigenvalue weighted by Gasteiger charge is 2.18. The monoisotopic (exact) mass is 406 g/mol. The molecular formula is C16H15BrN4O2S. The number of carbonyl (C=O) groups is 1. The minimum atomic E-state index is -0.173. The summed E-state index contributed by atoms with van der Waals surface area (Å²) in [5, 5.41) is 7.24. The van der Waals surface area contributed by atoms with Crippen molar-refractivity contribution in [3.05, 3.63) is 57.6 Å². The topological polar surface area (TPSA) is 69.0 Å². The summed E-state index contributed by atoms with van der Waals surface area (Å²) in [5.74, 6) is 0.251. The number of methoxy groups -OCH3 is 1. The first-order valence-electron chi connectivity index (χ1n) is 7.26. The van der Waals surface area contributed by atoms with Crippen molar-refractivity contribution in [3.63, 3.8) is 0 Å². The number of aromatic nitrogens is 3. The van der Waals surface area contributed by atoms with Crippen molar-refractivity contribution in [1.29, 1.82) is 0 Å². The first-order chi connectivity index (χ1) is 11.7. The summed E-state index contributed by atoms with van der Waals surface area (Å²) in [5.41, 5.74) is 2.03. The van der Waals surface area contributed by atoms with Gasteiger partial charge >= 0.3 is 0 Å². The summed E-state index contributed by atoms with van der Waals surface area (Å²) in [6.07, 6.45) is 2.43. The second-order valence-corrected chi connectivity index (χ2v) is 6.48. The van der Waals surface area contributed by atoms with E-state index in [0.29, 0.717) is 28.2 Å². The number of rotatable bonds is 6. The summed E-state index contributed by atoms with van der Waals surface area (Å²) < 4.78 is 11.6. The van der Waals surface area contributed by atoms with Crippen molar-refractivity contribution in [1.82, 2.24) is 19.5 Å². The van der Waals surface area contributed by atoms with Crippen LogP contribution in [0.5, 0.6) is 5.88 Å². The van der Waals surface area contributed by atoms with Crippen molar-refractivity contribution in [2.75, 3.05) is 13.7 Å². The van der Waals surface area contributed by atoms with Crippen LogP contribution in [0.25, 0.3) is 5.69 Å². The van der Waals surface area contributed by atoms with E-state index in [1.807, 2.05) is 41.1 Å². The maximum atomic E-state index is 12.2. The highest BCUT2D eigenvalue weighted by atomic mass is 79.9. The predicted octanol–water partition coefficient (Wildman–Crippen LogP) is 3.07. The molecule has 0 unspecified atom stereocenters. The van der Waals surface area contributed by atoms with Gasteiger partial charge < -0.3 is 10.1 Å². The van der Waals surface area contributed by atoms with E-state index in [9.17, 15) is 4.79 Å². The van der Waals surface area contributed by atoms with Gasteiger partial charge in [-0.2, -0.15) is 9.47 Å². The Bertz CT molecular complexity index is 832. The van der Waals surface area contributed by atoms with E-state index in [-0.39, 0.29) is 5.91 Å². The number of carbonyl (C=O) groups excluding carboxylic acids is 1. The Morgan fingerprint density at radius 3 is 2.83 bits per heavy atom. The van der Waals surface area contributed by atoms with Crippen LogP contribution >= 0.6 is 27.5 Å². The Morgan fingerprint density at radius 2 is 2.12 bits per heavy atom. The molecule has 0 aliphatic carbocycles. The van der Waals surface area contributed by atoms with Gasteiger partial charge in [0.1, 0.15) is 9.35 Å². The smallest absolute Gasteiger partial charge is 0.264 e. The number of para-hydroxylation sites is 1. The van der Waals surface area contributed by atoms with Gasteiger partial charge in [-0.3, -0.25) is 4.79 Å². The van der Waals surface area contributed by atoms with Gasteiger partial charge in [0.05, 0.1) is 12.8 Å². The van der Waals surface area contributed by atoms with Crippen LogP contribution in [-0.4, -0.2) is 33.7 Å². The molecule has 0 aliphatic heterocycles. The highest BCUT2D eigenvalue weighted by molar-refractivity contribution is 9.10. The highest BCUT2D eigenvalue weighted by Crippen LogP contribution is 2.30. The van der Waals surface area contributed by atoms with Crippen molar-refractivity contribution in [2.24, 2.45) is 0 Å². The molecule has 2 aromatic heterocycles. The molecule has 1 N–H and O–H groups in total. The van der Waals surface area contributed by atoms with Gasteiger partial charge in [0.15, 0.2) is 0 Å². The molecule has 0 spiro atoms. The minimum absolute atomic E-state index is 0.173. The number of hydrogen-bond acceptors (Lipinski definition) is 5.